The lowest BCUT2D eigenvalue weighted by atomic mass is 10.0. The fourth-order valence-corrected chi connectivity index (χ4v) is 2.44. The Morgan fingerprint density at radius 2 is 1.85 bits per heavy atom. The molecular formula is C20H25N5O2. The maximum atomic E-state index is 5.93. The number of rotatable bonds is 8. The molecule has 0 saturated heterocycles. The van der Waals surface area contributed by atoms with E-state index < -0.39 is 0 Å². The summed E-state index contributed by atoms with van der Waals surface area (Å²) in [5, 5.41) is 15.2. The summed E-state index contributed by atoms with van der Waals surface area (Å²) in [6.07, 6.45) is 1.05. The van der Waals surface area contributed by atoms with Crippen molar-refractivity contribution in [3.8, 4) is 23.2 Å². The molecule has 3 rings (SSSR count). The van der Waals surface area contributed by atoms with Gasteiger partial charge >= 0.3 is 6.01 Å². The highest BCUT2D eigenvalue weighted by Gasteiger charge is 2.16. The van der Waals surface area contributed by atoms with Gasteiger partial charge in [0, 0.05) is 12.1 Å². The van der Waals surface area contributed by atoms with Crippen LogP contribution in [0.3, 0.4) is 0 Å². The Labute approximate surface area is 159 Å². The minimum Gasteiger partial charge on any atom is -0.493 e. The third kappa shape index (κ3) is 4.62. The number of tetrazole rings is 1. The standard InChI is InChI=1S/C20H25N5O2/c1-5-20(2,3)21-14-15-11-12-17(18(13-15)26-4)27-19-22-23-24-25(19)16-9-7-6-8-10-16/h6-13,21H,5,14H2,1-4H3. The molecule has 0 bridgehead atoms. The molecule has 0 atom stereocenters. The first kappa shape index (κ1) is 18.8. The van der Waals surface area contributed by atoms with E-state index in [-0.39, 0.29) is 11.5 Å². The largest absolute Gasteiger partial charge is 0.493 e. The van der Waals surface area contributed by atoms with Gasteiger partial charge in [0.05, 0.1) is 12.8 Å². The maximum absolute atomic E-state index is 5.93. The first-order chi connectivity index (χ1) is 13.0. The fourth-order valence-electron chi connectivity index (χ4n) is 2.44. The Balaban J connectivity index is 1.79. The van der Waals surface area contributed by atoms with Crippen LogP contribution in [0.4, 0.5) is 0 Å². The van der Waals surface area contributed by atoms with E-state index in [9.17, 15) is 0 Å². The van der Waals surface area contributed by atoms with Gasteiger partial charge in [0.2, 0.25) is 0 Å². The van der Waals surface area contributed by atoms with Crippen molar-refractivity contribution in [2.24, 2.45) is 0 Å². The van der Waals surface area contributed by atoms with Crippen molar-refractivity contribution in [1.29, 1.82) is 0 Å². The minimum absolute atomic E-state index is 0.0835. The molecule has 0 saturated carbocycles. The molecule has 7 nitrogen and oxygen atoms in total. The molecule has 3 aromatic rings. The van der Waals surface area contributed by atoms with E-state index in [1.807, 2.05) is 48.5 Å². The van der Waals surface area contributed by atoms with Gasteiger partial charge in [0.15, 0.2) is 11.5 Å². The Hall–Kier alpha value is -2.93. The van der Waals surface area contributed by atoms with E-state index in [1.54, 1.807) is 11.8 Å². The van der Waals surface area contributed by atoms with Gasteiger partial charge in [-0.1, -0.05) is 36.3 Å². The van der Waals surface area contributed by atoms with Crippen LogP contribution in [-0.2, 0) is 6.54 Å². The van der Waals surface area contributed by atoms with Crippen molar-refractivity contribution < 1.29 is 9.47 Å². The molecule has 1 heterocycles. The van der Waals surface area contributed by atoms with Gasteiger partial charge in [0.1, 0.15) is 0 Å². The van der Waals surface area contributed by atoms with E-state index in [0.717, 1.165) is 24.2 Å². The average molecular weight is 367 g/mol. The smallest absolute Gasteiger partial charge is 0.346 e. The van der Waals surface area contributed by atoms with E-state index >= 15 is 0 Å². The summed E-state index contributed by atoms with van der Waals surface area (Å²) in [5.74, 6) is 1.19. The summed E-state index contributed by atoms with van der Waals surface area (Å²) in [4.78, 5) is 0. The number of hydrogen-bond donors (Lipinski definition) is 1. The topological polar surface area (TPSA) is 74.1 Å². The Kier molecular flexibility index (Phi) is 5.71. The van der Waals surface area contributed by atoms with E-state index in [2.05, 4.69) is 41.6 Å². The normalized spacial score (nSPS) is 11.4. The van der Waals surface area contributed by atoms with Crippen molar-refractivity contribution in [3.63, 3.8) is 0 Å². The summed E-state index contributed by atoms with van der Waals surface area (Å²) in [7, 11) is 1.62. The number of methoxy groups -OCH3 is 1. The van der Waals surface area contributed by atoms with Crippen molar-refractivity contribution in [2.75, 3.05) is 7.11 Å². The molecule has 7 heteroatoms. The zero-order chi connectivity index (χ0) is 19.3. The number of nitrogens with one attached hydrogen (secondary N) is 1. The Morgan fingerprint density at radius 1 is 1.07 bits per heavy atom. The third-order valence-corrected chi connectivity index (χ3v) is 4.53. The number of hydrogen-bond acceptors (Lipinski definition) is 6. The van der Waals surface area contributed by atoms with Crippen molar-refractivity contribution in [2.45, 2.75) is 39.3 Å². The van der Waals surface area contributed by atoms with Crippen molar-refractivity contribution in [1.82, 2.24) is 25.5 Å². The molecule has 142 valence electrons. The molecule has 1 N–H and O–H groups in total. The zero-order valence-corrected chi connectivity index (χ0v) is 16.1. The Bertz CT molecular complexity index is 877. The molecular weight excluding hydrogens is 342 g/mol. The predicted molar refractivity (Wildman–Crippen MR) is 103 cm³/mol. The molecule has 2 aromatic carbocycles. The number of benzene rings is 2. The summed E-state index contributed by atoms with van der Waals surface area (Å²) in [6.45, 7) is 7.29. The van der Waals surface area contributed by atoms with Crippen molar-refractivity contribution >= 4 is 0 Å². The highest BCUT2D eigenvalue weighted by Crippen LogP contribution is 2.32. The molecule has 1 aromatic heterocycles. The first-order valence-electron chi connectivity index (χ1n) is 8.96. The summed E-state index contributed by atoms with van der Waals surface area (Å²) in [6, 6.07) is 15.7. The second-order valence-corrected chi connectivity index (χ2v) is 6.89. The van der Waals surface area contributed by atoms with Crippen LogP contribution in [-0.4, -0.2) is 32.9 Å². The van der Waals surface area contributed by atoms with Gasteiger partial charge < -0.3 is 14.8 Å². The minimum atomic E-state index is 0.0835. The van der Waals surface area contributed by atoms with Crippen LogP contribution in [0.5, 0.6) is 17.5 Å². The molecule has 0 spiro atoms. The van der Waals surface area contributed by atoms with Gasteiger partial charge in [-0.25, -0.2) is 0 Å². The lowest BCUT2D eigenvalue weighted by molar-refractivity contribution is 0.359. The van der Waals surface area contributed by atoms with Gasteiger partial charge in [-0.2, -0.15) is 4.68 Å². The van der Waals surface area contributed by atoms with E-state index in [4.69, 9.17) is 9.47 Å². The van der Waals surface area contributed by atoms with E-state index in [1.165, 1.54) is 0 Å². The van der Waals surface area contributed by atoms with Gasteiger partial charge in [-0.15, -0.1) is 0 Å². The Morgan fingerprint density at radius 3 is 2.56 bits per heavy atom. The zero-order valence-electron chi connectivity index (χ0n) is 16.1. The number of nitrogens with zero attached hydrogens (tertiary/aromatic N) is 4. The highest BCUT2D eigenvalue weighted by molar-refractivity contribution is 5.44. The molecule has 0 fully saturated rings. The number of aromatic nitrogens is 4. The second kappa shape index (κ2) is 8.18. The monoisotopic (exact) mass is 367 g/mol. The highest BCUT2D eigenvalue weighted by atomic mass is 16.5. The van der Waals surface area contributed by atoms with Crippen LogP contribution in [0.15, 0.2) is 48.5 Å². The quantitative estimate of drug-likeness (QED) is 0.654. The number of para-hydroxylation sites is 1. The van der Waals surface area contributed by atoms with Crippen LogP contribution >= 0.6 is 0 Å². The van der Waals surface area contributed by atoms with Crippen LogP contribution in [0.2, 0.25) is 0 Å². The lowest BCUT2D eigenvalue weighted by Crippen LogP contribution is -2.37. The summed E-state index contributed by atoms with van der Waals surface area (Å²) in [5.41, 5.74) is 2.02. The molecule has 0 aliphatic carbocycles. The SMILES string of the molecule is CCC(C)(C)NCc1ccc(Oc2nnnn2-c2ccccc2)c(OC)c1. The van der Waals surface area contributed by atoms with Gasteiger partial charge in [-0.3, -0.25) is 0 Å². The molecule has 0 aliphatic rings. The molecule has 0 amide bonds. The molecule has 0 radical (unpaired) electrons. The van der Waals surface area contributed by atoms with Crippen LogP contribution < -0.4 is 14.8 Å². The van der Waals surface area contributed by atoms with Gasteiger partial charge in [-0.05, 0) is 60.5 Å². The van der Waals surface area contributed by atoms with Crippen molar-refractivity contribution in [3.05, 3.63) is 54.1 Å². The fraction of sp³-hybridized carbons (Fsp3) is 0.350. The first-order valence-corrected chi connectivity index (χ1v) is 8.96. The molecule has 0 aliphatic heterocycles. The average Bonchev–Trinajstić information content (AvgIpc) is 3.16. The summed E-state index contributed by atoms with van der Waals surface area (Å²) >= 11 is 0. The van der Waals surface area contributed by atoms with Crippen LogP contribution in [0, 0.1) is 0 Å². The molecule has 27 heavy (non-hydrogen) atoms. The second-order valence-electron chi connectivity index (χ2n) is 6.89. The number of ether oxygens (including phenoxy) is 2. The van der Waals surface area contributed by atoms with E-state index in [0.29, 0.717) is 11.5 Å². The maximum Gasteiger partial charge on any atom is 0.346 e. The predicted octanol–water partition coefficient (Wildman–Crippen LogP) is 3.74. The summed E-state index contributed by atoms with van der Waals surface area (Å²) < 4.78 is 13.0. The van der Waals surface area contributed by atoms with Crippen LogP contribution in [0.1, 0.15) is 32.8 Å². The third-order valence-electron chi connectivity index (χ3n) is 4.53. The lowest BCUT2D eigenvalue weighted by Gasteiger charge is -2.24. The van der Waals surface area contributed by atoms with Gasteiger partial charge in [0.25, 0.3) is 0 Å². The molecule has 0 unspecified atom stereocenters. The van der Waals surface area contributed by atoms with Crippen LogP contribution in [0.25, 0.3) is 5.69 Å².